The number of halogens is 9. The number of para-hydroxylation sites is 2. The van der Waals surface area contributed by atoms with E-state index in [1.807, 2.05) is 0 Å². The number of piperidine rings is 2. The first kappa shape index (κ1) is 92.9. The number of Topliss-reactive ketones (excluding diaryl/α,β-unsaturated/α-hetero) is 1. The maximum Gasteiger partial charge on any atom is 0.417 e. The van der Waals surface area contributed by atoms with Crippen LogP contribution in [0.15, 0.2) is 170 Å². The van der Waals surface area contributed by atoms with E-state index in [-0.39, 0.29) is 151 Å². The van der Waals surface area contributed by atoms with Crippen LogP contribution in [0.3, 0.4) is 0 Å². The maximum absolute atomic E-state index is 15.5. The Morgan fingerprint density at radius 2 is 0.915 bits per heavy atom. The predicted molar refractivity (Wildman–Crippen MR) is 449 cm³/mol. The van der Waals surface area contributed by atoms with Crippen molar-refractivity contribution in [1.82, 2.24) is 51.7 Å². The Hall–Kier alpha value is -15.3. The molecule has 30 nitrogen and oxygen atoms in total. The molecule has 0 spiro atoms. The van der Waals surface area contributed by atoms with E-state index in [1.54, 1.807) is 60.7 Å². The highest BCUT2D eigenvalue weighted by molar-refractivity contribution is 6.26. The number of imide groups is 4. The standard InChI is InChI=1S/C45H38F4N6O8.C29H27F4N5O2.C15H12N2O7.CH3F/c1-50-40(58)31-22-52-34-21-32(45(47,48)49)29(20-30(34)39(31)53-25-9-4-2-5-10-25)24-14-15-27(33(46)19-24)41(59)51-18-7-3-6-11-26(56)23-63-36-13-8-12-28-38(36)44(62)55(43(28)61)35-16-17-37(57)54-42(35)60;1-35-27(39)22-16-37-25-15-23(29(31,32)33)20(14-21(25)26(22)38-18-7-3-2-4-8-18)17-9-10-19(24(30)13-17)28(40)36-12-6-5-11-34;18-10-5-4-8(13(21)16-10)17-14(22)7-2-1-3-9(12(7)15(17)23)24-6-11(19)20;1-2/h2,4-5,8-10,12-15,19-22,35H,3,6-7,11,16-18,23H2,1H3,(H,50,58)(H,51,59)(H,52,53)(H,54,57,60);2-4,7-10,13-16H,5-6,11-12,34H2,1H3,(H,35,39)(H,36,40)(H,37,38);1-3,8H,4-6H2,(H,19,20)(H,16,18,21);1H3/i;;;1D. The second-order valence-corrected chi connectivity index (χ2v) is 29.0. The normalized spacial score (nSPS) is 14.7. The van der Waals surface area contributed by atoms with E-state index in [9.17, 15) is 97.9 Å². The summed E-state index contributed by atoms with van der Waals surface area (Å²) >= 11 is 0. The van der Waals surface area contributed by atoms with Crippen molar-refractivity contribution >= 4 is 127 Å². The Balaban J connectivity index is 0.000000206. The highest BCUT2D eigenvalue weighted by Crippen LogP contribution is 2.45. The third-order valence-electron chi connectivity index (χ3n) is 20.6. The summed E-state index contributed by atoms with van der Waals surface area (Å²) in [5, 5.41) is 29.7. The van der Waals surface area contributed by atoms with Crippen molar-refractivity contribution in [2.75, 3.05) is 64.7 Å². The number of ether oxygens (including phenoxy) is 2. The molecular weight excluding hydrogens is 1710 g/mol. The Labute approximate surface area is 728 Å². The number of carbonyl (C=O) groups excluding carboxylic acids is 13. The molecule has 2 atom stereocenters. The minimum absolute atomic E-state index is 0.00550. The number of fused-ring (bicyclic) bond motifs is 4. The zero-order valence-electron chi connectivity index (χ0n) is 69.4. The number of aliphatic carboxylic acids is 1. The Morgan fingerprint density at radius 1 is 0.504 bits per heavy atom. The van der Waals surface area contributed by atoms with Gasteiger partial charge in [0.05, 0.1) is 86.6 Å². The average Bonchev–Trinajstić information content (AvgIpc) is 1.33. The summed E-state index contributed by atoms with van der Waals surface area (Å²) in [5.74, 6) is -11.5. The topological polar surface area (TPSA) is 432 Å². The molecule has 0 saturated carbocycles. The van der Waals surface area contributed by atoms with Gasteiger partial charge in [-0.05, 0) is 164 Å². The van der Waals surface area contributed by atoms with Gasteiger partial charge in [-0.2, -0.15) is 26.3 Å². The lowest BCUT2D eigenvalue weighted by atomic mass is 9.94. The first-order chi connectivity index (χ1) is 62.1. The highest BCUT2D eigenvalue weighted by atomic mass is 19.4. The number of ketones is 1. The van der Waals surface area contributed by atoms with Gasteiger partial charge in [0.15, 0.2) is 12.4 Å². The fourth-order valence-corrected chi connectivity index (χ4v) is 14.4. The first-order valence-corrected chi connectivity index (χ1v) is 39.7. The molecule has 670 valence electrons. The Morgan fingerprint density at radius 3 is 1.29 bits per heavy atom. The lowest BCUT2D eigenvalue weighted by Gasteiger charge is -2.27. The molecule has 0 aliphatic carbocycles. The van der Waals surface area contributed by atoms with Crippen molar-refractivity contribution in [2.45, 2.75) is 88.6 Å². The lowest BCUT2D eigenvalue weighted by molar-refractivity contribution is -0.139. The molecule has 6 heterocycles. The fourth-order valence-electron chi connectivity index (χ4n) is 14.4. The van der Waals surface area contributed by atoms with Crippen molar-refractivity contribution in [3.63, 3.8) is 0 Å². The molecule has 129 heavy (non-hydrogen) atoms. The van der Waals surface area contributed by atoms with Gasteiger partial charge in [0.2, 0.25) is 23.6 Å². The van der Waals surface area contributed by atoms with Crippen LogP contribution in [-0.4, -0.2) is 174 Å². The first-order valence-electron chi connectivity index (χ1n) is 40.4. The number of amides is 12. The van der Waals surface area contributed by atoms with Gasteiger partial charge >= 0.3 is 18.3 Å². The van der Waals surface area contributed by atoms with Crippen LogP contribution in [0.2, 0.25) is 0 Å². The number of carboxylic acid groups (broad SMARTS) is 1. The quantitative estimate of drug-likeness (QED) is 0.0124. The largest absolute Gasteiger partial charge is 0.485 e. The number of benzene rings is 8. The molecule has 12 amide bonds. The van der Waals surface area contributed by atoms with Crippen molar-refractivity contribution in [2.24, 2.45) is 5.73 Å². The number of carbonyl (C=O) groups is 14. The van der Waals surface area contributed by atoms with Crippen molar-refractivity contribution in [3.8, 4) is 33.8 Å². The molecule has 2 aromatic heterocycles. The monoisotopic (exact) mass is 1790 g/mol. The summed E-state index contributed by atoms with van der Waals surface area (Å²) in [6, 6.07) is 34.3. The molecule has 10 aromatic rings. The van der Waals surface area contributed by atoms with Gasteiger partial charge in [0.25, 0.3) is 47.3 Å². The number of aromatic nitrogens is 2. The number of rotatable bonds is 28. The summed E-state index contributed by atoms with van der Waals surface area (Å²) in [6.07, 6.45) is -4.66. The van der Waals surface area contributed by atoms with Gasteiger partial charge in [-0.25, -0.2) is 13.6 Å². The van der Waals surface area contributed by atoms with E-state index < -0.39 is 156 Å². The fraction of sp³-hybridized carbons (Fsp3) is 0.244. The van der Waals surface area contributed by atoms with Crippen LogP contribution in [-0.2, 0) is 41.1 Å². The van der Waals surface area contributed by atoms with Crippen molar-refractivity contribution in [3.05, 3.63) is 237 Å². The molecule has 0 bridgehead atoms. The average molecular weight is 1790 g/mol. The van der Waals surface area contributed by atoms with Crippen LogP contribution in [0.4, 0.5) is 62.3 Å². The molecule has 2 fully saturated rings. The number of alkyl halides is 7. The number of nitrogens with zero attached hydrogens (tertiary/aromatic N) is 4. The van der Waals surface area contributed by atoms with E-state index in [2.05, 4.69) is 52.5 Å². The zero-order chi connectivity index (χ0) is 94.0. The lowest BCUT2D eigenvalue weighted by Crippen LogP contribution is -2.54. The van der Waals surface area contributed by atoms with Crippen LogP contribution in [0.5, 0.6) is 11.5 Å². The molecular formula is C90H80F9N13O17. The highest BCUT2D eigenvalue weighted by Gasteiger charge is 2.48. The van der Waals surface area contributed by atoms with Crippen LogP contribution >= 0.6 is 0 Å². The predicted octanol–water partition coefficient (Wildman–Crippen LogP) is 12.3. The summed E-state index contributed by atoms with van der Waals surface area (Å²) in [4.78, 5) is 182. The molecule has 14 rings (SSSR count). The third-order valence-corrected chi connectivity index (χ3v) is 20.6. The number of hydrogen-bond acceptors (Lipinski definition) is 21. The number of hydrogen-bond donors (Lipinski definition) is 10. The Kier molecular flexibility index (Phi) is 30.0. The van der Waals surface area contributed by atoms with Crippen LogP contribution in [0, 0.1) is 11.6 Å². The van der Waals surface area contributed by atoms with Crippen LogP contribution < -0.4 is 57.7 Å². The van der Waals surface area contributed by atoms with Crippen molar-refractivity contribution in [1.29, 1.82) is 0 Å². The van der Waals surface area contributed by atoms with E-state index >= 15 is 8.78 Å². The number of carboxylic acids is 1. The molecule has 2 saturated heterocycles. The number of anilines is 4. The minimum atomic E-state index is -4.88. The summed E-state index contributed by atoms with van der Waals surface area (Å²) in [6.45, 7) is -0.240. The van der Waals surface area contributed by atoms with Gasteiger partial charge < -0.3 is 52.2 Å². The van der Waals surface area contributed by atoms with E-state index in [4.69, 9.17) is 21.7 Å². The van der Waals surface area contributed by atoms with Gasteiger partial charge in [0, 0.05) is 81.0 Å². The van der Waals surface area contributed by atoms with Gasteiger partial charge in [-0.15, -0.1) is 0 Å². The number of nitrogens with one attached hydrogen (secondary N) is 8. The Bertz CT molecular complexity index is 6130. The van der Waals surface area contributed by atoms with Gasteiger partial charge in [-0.1, -0.05) is 67.1 Å². The van der Waals surface area contributed by atoms with E-state index in [1.165, 1.54) is 87.2 Å². The van der Waals surface area contributed by atoms with Gasteiger partial charge in [0.1, 0.15) is 41.8 Å². The van der Waals surface area contributed by atoms with Crippen LogP contribution in [0.1, 0.15) is 160 Å². The second kappa shape index (κ2) is 41.7. The van der Waals surface area contributed by atoms with Gasteiger partial charge in [-0.3, -0.25) is 97.1 Å². The number of nitrogens with two attached hydrogens (primary N) is 1. The summed E-state index contributed by atoms with van der Waals surface area (Å²) < 4.78 is 143. The summed E-state index contributed by atoms with van der Waals surface area (Å²) in [5.41, 5.74) is 3.12. The van der Waals surface area contributed by atoms with Crippen LogP contribution in [0.25, 0.3) is 44.1 Å². The maximum atomic E-state index is 15.5. The molecule has 4 aliphatic rings. The van der Waals surface area contributed by atoms with Crippen molar-refractivity contribution < 1.29 is 123 Å². The second-order valence-electron chi connectivity index (χ2n) is 29.0. The molecule has 8 aromatic carbocycles. The molecule has 2 unspecified atom stereocenters. The molecule has 11 N–H and O–H groups in total. The molecule has 39 heteroatoms. The smallest absolute Gasteiger partial charge is 0.417 e. The third kappa shape index (κ3) is 21.8. The summed E-state index contributed by atoms with van der Waals surface area (Å²) in [7, 11) is 1.83. The number of unbranched alkanes of at least 4 members (excludes halogenated alkanes) is 3. The minimum Gasteiger partial charge on any atom is -0.485 e. The zero-order valence-corrected chi connectivity index (χ0v) is 68.4. The molecule has 0 radical (unpaired) electrons. The van der Waals surface area contributed by atoms with E-state index in [0.29, 0.717) is 50.0 Å². The molecule has 4 aliphatic heterocycles. The van der Waals surface area contributed by atoms with E-state index in [0.717, 1.165) is 46.2 Å². The number of pyridine rings is 2. The SMILES string of the molecule is CNC(=O)c1cnc2cc(C(F)(F)F)c(-c3ccc(C(=O)NCCCCCC(=O)COc4cccc5c4C(=O)N(C4CCC(=O)NC4=O)C5=O)c(F)c3)cc2c1Nc1ccccc1.CNC(=O)c1cnc2cc(C(F)(F)F)c(-c3ccc(C(=O)NCCCCN)c(F)c3)cc2c1Nc1ccccc1.O=C(O)COc1cccc2c1C(=O)N(C1CCC(=O)NC1=O)C2=O.[2H]CF.